The summed E-state index contributed by atoms with van der Waals surface area (Å²) in [7, 11) is 0. The third-order valence-corrected chi connectivity index (χ3v) is 4.66. The first kappa shape index (κ1) is 58.5. The third kappa shape index (κ3) is 35.9. The quantitative estimate of drug-likeness (QED) is 0.333. The average Bonchev–Trinajstić information content (AvgIpc) is 3.00. The van der Waals surface area contributed by atoms with Crippen LogP contribution in [0.5, 0.6) is 0 Å². The van der Waals surface area contributed by atoms with Crippen LogP contribution in [0, 0.1) is 27.7 Å². The van der Waals surface area contributed by atoms with Crippen LogP contribution in [-0.4, -0.2) is 0 Å². The van der Waals surface area contributed by atoms with Gasteiger partial charge in [-0.05, 0) is 86.4 Å². The molecule has 2 aromatic rings. The van der Waals surface area contributed by atoms with Gasteiger partial charge >= 0.3 is 0 Å². The zero-order valence-electron chi connectivity index (χ0n) is 31.7. The standard InChI is InChI=1S/C15H22.C10H12.C3H8.6C2H6.CH4/c1-6-7-8-11(2)15-10-13(4)12(3)9-14(15)5;1-8(2)10-7-5-4-6-9(10)3;1-3-2;6*1-2;/h9-10H,2,6-8H2,1,3-5H3;4-7H,1H2,2-3H3;3H2,1-2H3;6*1-2H3;1H4. The summed E-state index contributed by atoms with van der Waals surface area (Å²) in [5, 5.41) is 0. The topological polar surface area (TPSA) is 0 Å². The van der Waals surface area contributed by atoms with Crippen LogP contribution in [0.2, 0.25) is 0 Å². The van der Waals surface area contributed by atoms with E-state index in [0.717, 1.165) is 12.0 Å². The number of allylic oxidation sites excluding steroid dienone is 2. The molecule has 0 radical (unpaired) electrons. The molecule has 0 saturated heterocycles. The summed E-state index contributed by atoms with van der Waals surface area (Å²) >= 11 is 0. The molecule has 2 aromatic carbocycles. The first-order chi connectivity index (χ1) is 19.2. The average molecular weight is 575 g/mol. The summed E-state index contributed by atoms with van der Waals surface area (Å²) in [6, 6.07) is 12.8. The van der Waals surface area contributed by atoms with Crippen LogP contribution in [0.3, 0.4) is 0 Å². The van der Waals surface area contributed by atoms with E-state index in [1.165, 1.54) is 58.2 Å². The SMILES string of the molecule is C.C=C(C)c1ccccc1C.C=C(CCCC)c1cc(C)c(C)cc1C.CC.CC.CC.CC.CC.CC.CCC. The predicted octanol–water partition coefficient (Wildman–Crippen LogP) is 16.1. The largest absolute Gasteiger partial charge is 0.0955 e. The fraction of sp³-hybridized carbons (Fsp3) is 0.610. The van der Waals surface area contributed by atoms with Gasteiger partial charge in [0.05, 0.1) is 0 Å². The van der Waals surface area contributed by atoms with Gasteiger partial charge in [-0.15, -0.1) is 0 Å². The summed E-state index contributed by atoms with van der Waals surface area (Å²) in [5.41, 5.74) is 10.5. The van der Waals surface area contributed by atoms with Gasteiger partial charge in [0.2, 0.25) is 0 Å². The van der Waals surface area contributed by atoms with Crippen molar-refractivity contribution < 1.29 is 0 Å². The molecule has 0 aliphatic rings. The maximum absolute atomic E-state index is 4.19. The zero-order chi connectivity index (χ0) is 33.7. The van der Waals surface area contributed by atoms with Gasteiger partial charge in [0.15, 0.2) is 0 Å². The lowest BCUT2D eigenvalue weighted by Crippen LogP contribution is -1.92. The Morgan fingerprint density at radius 2 is 0.927 bits per heavy atom. The van der Waals surface area contributed by atoms with E-state index in [-0.39, 0.29) is 7.43 Å². The second kappa shape index (κ2) is 50.7. The van der Waals surface area contributed by atoms with E-state index < -0.39 is 0 Å². The van der Waals surface area contributed by atoms with Crippen molar-refractivity contribution in [2.45, 2.75) is 172 Å². The lowest BCUT2D eigenvalue weighted by Gasteiger charge is -2.12. The second-order valence-corrected chi connectivity index (χ2v) is 7.76. The molecule has 2 rings (SSSR count). The molecule has 0 fully saturated rings. The zero-order valence-corrected chi connectivity index (χ0v) is 31.7. The van der Waals surface area contributed by atoms with E-state index in [2.05, 4.69) is 85.9 Å². The Kier molecular flexibility index (Phi) is 72.4. The number of hydrogen-bond donors (Lipinski definition) is 0. The van der Waals surface area contributed by atoms with Crippen LogP contribution < -0.4 is 0 Å². The van der Waals surface area contributed by atoms with Gasteiger partial charge in [0.25, 0.3) is 0 Å². The summed E-state index contributed by atoms with van der Waals surface area (Å²) < 4.78 is 0. The molecule has 0 amide bonds. The fourth-order valence-corrected chi connectivity index (χ4v) is 2.92. The van der Waals surface area contributed by atoms with Gasteiger partial charge in [0, 0.05) is 0 Å². The molecule has 0 aliphatic carbocycles. The molecule has 0 N–H and O–H groups in total. The van der Waals surface area contributed by atoms with Gasteiger partial charge in [0.1, 0.15) is 0 Å². The third-order valence-electron chi connectivity index (χ3n) is 4.66. The smallest absolute Gasteiger partial charge is 0.0198 e. The number of benzene rings is 2. The Labute approximate surface area is 265 Å². The normalized spacial score (nSPS) is 7.41. The maximum Gasteiger partial charge on any atom is -0.0198 e. The lowest BCUT2D eigenvalue weighted by atomic mass is 9.94. The number of unbranched alkanes of at least 4 members (excludes halogenated alkanes) is 1. The molecule has 0 unspecified atom stereocenters. The molecule has 0 saturated carbocycles. The highest BCUT2D eigenvalue weighted by atomic mass is 14.1. The van der Waals surface area contributed by atoms with Gasteiger partial charge < -0.3 is 0 Å². The molecule has 0 heteroatoms. The first-order valence-electron chi connectivity index (χ1n) is 16.7. The first-order valence-corrected chi connectivity index (χ1v) is 16.7. The predicted molar refractivity (Wildman–Crippen MR) is 206 cm³/mol. The van der Waals surface area contributed by atoms with Crippen molar-refractivity contribution in [3.05, 3.63) is 82.9 Å². The Bertz CT molecular complexity index is 747. The molecule has 0 heterocycles. The van der Waals surface area contributed by atoms with Crippen LogP contribution in [0.4, 0.5) is 0 Å². The van der Waals surface area contributed by atoms with E-state index in [1.807, 2.05) is 102 Å². The van der Waals surface area contributed by atoms with E-state index in [1.54, 1.807) is 0 Å². The Morgan fingerprint density at radius 3 is 1.24 bits per heavy atom. The van der Waals surface area contributed by atoms with Crippen LogP contribution >= 0.6 is 0 Å². The van der Waals surface area contributed by atoms with Gasteiger partial charge in [-0.1, -0.05) is 179 Å². The summed E-state index contributed by atoms with van der Waals surface area (Å²) in [4.78, 5) is 0. The van der Waals surface area contributed by atoms with Crippen molar-refractivity contribution in [2.24, 2.45) is 0 Å². The van der Waals surface area contributed by atoms with Crippen LogP contribution in [0.15, 0.2) is 49.6 Å². The highest BCUT2D eigenvalue weighted by Gasteiger charge is 2.05. The van der Waals surface area contributed by atoms with Crippen molar-refractivity contribution in [1.82, 2.24) is 0 Å². The Morgan fingerprint density at radius 1 is 0.561 bits per heavy atom. The molecule has 0 aromatic heterocycles. The minimum atomic E-state index is 0. The summed E-state index contributed by atoms with van der Waals surface area (Å²) in [6.07, 6.45) is 4.86. The fourth-order valence-electron chi connectivity index (χ4n) is 2.92. The van der Waals surface area contributed by atoms with Crippen LogP contribution in [-0.2, 0) is 0 Å². The van der Waals surface area contributed by atoms with Crippen molar-refractivity contribution in [3.8, 4) is 0 Å². The molecule has 246 valence electrons. The summed E-state index contributed by atoms with van der Waals surface area (Å²) in [5.74, 6) is 0. The van der Waals surface area contributed by atoms with E-state index in [9.17, 15) is 0 Å². The van der Waals surface area contributed by atoms with E-state index >= 15 is 0 Å². The molecule has 0 bridgehead atoms. The monoisotopic (exact) mass is 575 g/mol. The Balaban J connectivity index is -0.0000000608. The molecule has 0 nitrogen and oxygen atoms in total. The minimum absolute atomic E-state index is 0. The lowest BCUT2D eigenvalue weighted by molar-refractivity contribution is 0.824. The number of rotatable bonds is 5. The van der Waals surface area contributed by atoms with Crippen molar-refractivity contribution in [3.63, 3.8) is 0 Å². The molecule has 41 heavy (non-hydrogen) atoms. The molecule has 0 atom stereocenters. The van der Waals surface area contributed by atoms with Gasteiger partial charge in [-0.3, -0.25) is 0 Å². The highest BCUT2D eigenvalue weighted by Crippen LogP contribution is 2.25. The molecule has 0 spiro atoms. The molecular formula is C41H82. The maximum atomic E-state index is 4.19. The van der Waals surface area contributed by atoms with Gasteiger partial charge in [-0.25, -0.2) is 0 Å². The van der Waals surface area contributed by atoms with Crippen LogP contribution in [0.25, 0.3) is 11.1 Å². The molecule has 0 aliphatic heterocycles. The number of aryl methyl sites for hydroxylation is 4. The van der Waals surface area contributed by atoms with Gasteiger partial charge in [-0.2, -0.15) is 0 Å². The highest BCUT2D eigenvalue weighted by molar-refractivity contribution is 5.67. The van der Waals surface area contributed by atoms with E-state index in [0.29, 0.717) is 0 Å². The number of hydrogen-bond acceptors (Lipinski definition) is 0. The molecular weight excluding hydrogens is 492 g/mol. The Hall–Kier alpha value is -2.08. The van der Waals surface area contributed by atoms with Crippen molar-refractivity contribution in [2.75, 3.05) is 0 Å². The minimum Gasteiger partial charge on any atom is -0.0955 e. The van der Waals surface area contributed by atoms with Crippen molar-refractivity contribution in [1.29, 1.82) is 0 Å². The van der Waals surface area contributed by atoms with Crippen LogP contribution in [0.1, 0.15) is 177 Å². The van der Waals surface area contributed by atoms with E-state index in [4.69, 9.17) is 0 Å². The van der Waals surface area contributed by atoms with Crippen molar-refractivity contribution >= 4 is 11.1 Å². The second-order valence-electron chi connectivity index (χ2n) is 7.76. The summed E-state index contributed by atoms with van der Waals surface area (Å²) in [6.45, 7) is 49.2.